The van der Waals surface area contributed by atoms with Crippen molar-refractivity contribution >= 4 is 34.3 Å². The van der Waals surface area contributed by atoms with E-state index < -0.39 is 0 Å². The molecule has 13 nitrogen and oxygen atoms in total. The molecule has 0 aliphatic carbocycles. The number of nitrogens with zero attached hydrogens (tertiary/aromatic N) is 9. The summed E-state index contributed by atoms with van der Waals surface area (Å²) in [6.45, 7) is 6.55. The molecule has 2 N–H and O–H groups in total. The molecule has 3 aromatic heterocycles. The Labute approximate surface area is 212 Å². The molecule has 37 heavy (non-hydrogen) atoms. The number of aromatic amines is 1. The Morgan fingerprint density at radius 3 is 3.03 bits per heavy atom. The van der Waals surface area contributed by atoms with Crippen molar-refractivity contribution in [2.45, 2.75) is 32.9 Å². The van der Waals surface area contributed by atoms with Crippen LogP contribution in [0, 0.1) is 0 Å². The lowest BCUT2D eigenvalue weighted by Crippen LogP contribution is -2.42. The van der Waals surface area contributed by atoms with Gasteiger partial charge in [0.25, 0.3) is 5.91 Å². The second kappa shape index (κ2) is 9.24. The Morgan fingerprint density at radius 1 is 1.27 bits per heavy atom. The van der Waals surface area contributed by atoms with Gasteiger partial charge in [-0.2, -0.15) is 5.10 Å². The number of morpholine rings is 1. The molecule has 5 heterocycles. The van der Waals surface area contributed by atoms with Crippen LogP contribution in [0.3, 0.4) is 0 Å². The minimum Gasteiger partial charge on any atom is -0.375 e. The van der Waals surface area contributed by atoms with Gasteiger partial charge in [-0.3, -0.25) is 9.89 Å². The van der Waals surface area contributed by atoms with E-state index in [2.05, 4.69) is 52.8 Å². The van der Waals surface area contributed by atoms with Crippen LogP contribution in [0.25, 0.3) is 22.3 Å². The third kappa shape index (κ3) is 4.16. The zero-order valence-electron chi connectivity index (χ0n) is 20.8. The summed E-state index contributed by atoms with van der Waals surface area (Å²) in [7, 11) is 1.84. The van der Waals surface area contributed by atoms with Crippen LogP contribution >= 0.6 is 0 Å². The van der Waals surface area contributed by atoms with Gasteiger partial charge in [0.2, 0.25) is 5.95 Å². The number of fused-ring (bicyclic) bond motifs is 2. The number of carbonyl (C=O) groups excluding carboxylic acids is 1. The Bertz CT molecular complexity index is 1510. The van der Waals surface area contributed by atoms with Crippen molar-refractivity contribution < 1.29 is 9.53 Å². The third-order valence-electron chi connectivity index (χ3n) is 6.97. The summed E-state index contributed by atoms with van der Waals surface area (Å²) >= 11 is 0. The first-order valence-electron chi connectivity index (χ1n) is 12.2. The van der Waals surface area contributed by atoms with Crippen LogP contribution < -0.4 is 15.1 Å². The molecule has 0 unspecified atom stereocenters. The number of H-pyrrole nitrogens is 1. The van der Waals surface area contributed by atoms with Crippen LogP contribution in [-0.2, 0) is 16.1 Å². The smallest absolute Gasteiger partial charge is 0.255 e. The monoisotopic (exact) mass is 501 g/mol. The minimum atomic E-state index is -0.211. The normalized spacial score (nSPS) is 17.9. The van der Waals surface area contributed by atoms with Gasteiger partial charge in [0.05, 0.1) is 36.0 Å². The molecule has 190 valence electrons. The predicted octanol–water partition coefficient (Wildman–Crippen LogP) is 1.98. The lowest BCUT2D eigenvalue weighted by molar-refractivity contribution is -0.113. The Hall–Kier alpha value is -4.39. The summed E-state index contributed by atoms with van der Waals surface area (Å²) < 4.78 is 7.40. The SMILES string of the molecule is CC[C@@H]1CN(c2cc(-c3n[nH]c4ccc(NC(=O)C5=C(C)N(C)c6nnnn6C5)cc34)ncn2)CCO1. The van der Waals surface area contributed by atoms with E-state index in [0.29, 0.717) is 41.7 Å². The molecule has 1 fully saturated rings. The number of rotatable bonds is 5. The van der Waals surface area contributed by atoms with Crippen LogP contribution in [0.15, 0.2) is 41.9 Å². The number of carbonyl (C=O) groups is 1. The number of amides is 1. The first kappa shape index (κ1) is 23.0. The Kier molecular flexibility index (Phi) is 5.75. The summed E-state index contributed by atoms with van der Waals surface area (Å²) in [5.74, 6) is 1.24. The fourth-order valence-electron chi connectivity index (χ4n) is 4.71. The fraction of sp³-hybridized carbons (Fsp3) is 0.375. The first-order valence-corrected chi connectivity index (χ1v) is 12.2. The molecule has 1 atom stereocenters. The van der Waals surface area contributed by atoms with Crippen LogP contribution in [-0.4, -0.2) is 79.1 Å². The number of ether oxygens (including phenoxy) is 1. The summed E-state index contributed by atoms with van der Waals surface area (Å²) in [4.78, 5) is 26.2. The van der Waals surface area contributed by atoms with Crippen molar-refractivity contribution in [3.63, 3.8) is 0 Å². The molecular weight excluding hydrogens is 474 g/mol. The standard InChI is InChI=1S/C24H27N11O2/c1-4-16-11-34(7-8-37-16)21-10-20(25-13-26-21)22-17-9-15(5-6-19(17)28-29-22)27-23(36)18-12-35-24(30-31-32-35)33(3)14(18)2/h5-6,9-10,13,16H,4,7-8,11-12H2,1-3H3,(H,27,36)(H,28,29)/t16-/m1/s1. The minimum absolute atomic E-state index is 0.194. The zero-order chi connectivity index (χ0) is 25.5. The number of tetrazole rings is 1. The highest BCUT2D eigenvalue weighted by Crippen LogP contribution is 2.30. The van der Waals surface area contributed by atoms with Crippen LogP contribution in [0.2, 0.25) is 0 Å². The van der Waals surface area contributed by atoms with Crippen molar-refractivity contribution in [1.82, 2.24) is 40.4 Å². The van der Waals surface area contributed by atoms with Crippen LogP contribution in [0.1, 0.15) is 20.3 Å². The number of hydrogen-bond donors (Lipinski definition) is 2. The van der Waals surface area contributed by atoms with Gasteiger partial charge in [0, 0.05) is 43.0 Å². The quantitative estimate of drug-likeness (QED) is 0.417. The molecule has 13 heteroatoms. The molecule has 2 aliphatic rings. The Morgan fingerprint density at radius 2 is 2.16 bits per heavy atom. The molecule has 0 bridgehead atoms. The Balaban J connectivity index is 1.27. The van der Waals surface area contributed by atoms with E-state index in [4.69, 9.17) is 4.74 Å². The van der Waals surface area contributed by atoms with E-state index in [1.807, 2.05) is 38.2 Å². The van der Waals surface area contributed by atoms with Crippen LogP contribution in [0.4, 0.5) is 17.5 Å². The molecule has 1 amide bonds. The molecule has 1 aromatic carbocycles. The maximum absolute atomic E-state index is 13.2. The van der Waals surface area contributed by atoms with E-state index in [-0.39, 0.29) is 12.0 Å². The number of anilines is 3. The molecule has 6 rings (SSSR count). The average molecular weight is 502 g/mol. The largest absolute Gasteiger partial charge is 0.375 e. The van der Waals surface area contributed by atoms with Crippen molar-refractivity contribution in [2.24, 2.45) is 0 Å². The van der Waals surface area contributed by atoms with E-state index in [9.17, 15) is 4.79 Å². The highest BCUT2D eigenvalue weighted by molar-refractivity contribution is 6.06. The molecule has 2 aliphatic heterocycles. The van der Waals surface area contributed by atoms with E-state index in [1.54, 1.807) is 15.9 Å². The topological polar surface area (TPSA) is 143 Å². The van der Waals surface area contributed by atoms with Crippen molar-refractivity contribution in [1.29, 1.82) is 0 Å². The molecule has 4 aromatic rings. The molecule has 0 saturated carbocycles. The number of aromatic nitrogens is 8. The first-order chi connectivity index (χ1) is 18.0. The molecule has 1 saturated heterocycles. The highest BCUT2D eigenvalue weighted by Gasteiger charge is 2.27. The lowest BCUT2D eigenvalue weighted by Gasteiger charge is -2.33. The van der Waals surface area contributed by atoms with Gasteiger partial charge in [0.15, 0.2) is 0 Å². The van der Waals surface area contributed by atoms with Crippen molar-refractivity contribution in [2.75, 3.05) is 41.9 Å². The summed E-state index contributed by atoms with van der Waals surface area (Å²) in [6, 6.07) is 7.59. The molecule has 0 radical (unpaired) electrons. The molecular formula is C24H27N11O2. The van der Waals surface area contributed by atoms with Gasteiger partial charge in [-0.1, -0.05) is 12.0 Å². The van der Waals surface area contributed by atoms with E-state index >= 15 is 0 Å². The van der Waals surface area contributed by atoms with Gasteiger partial charge in [0.1, 0.15) is 17.8 Å². The fourth-order valence-corrected chi connectivity index (χ4v) is 4.71. The molecule has 0 spiro atoms. The van der Waals surface area contributed by atoms with Crippen LogP contribution in [0.5, 0.6) is 0 Å². The van der Waals surface area contributed by atoms with Crippen molar-refractivity contribution in [3.05, 3.63) is 41.9 Å². The predicted molar refractivity (Wildman–Crippen MR) is 137 cm³/mol. The zero-order valence-corrected chi connectivity index (χ0v) is 20.8. The number of benzene rings is 1. The van der Waals surface area contributed by atoms with Gasteiger partial charge in [-0.05, 0) is 42.0 Å². The van der Waals surface area contributed by atoms with Gasteiger partial charge in [-0.15, -0.1) is 0 Å². The van der Waals surface area contributed by atoms with Gasteiger partial charge >= 0.3 is 0 Å². The van der Waals surface area contributed by atoms with Gasteiger partial charge < -0.3 is 19.9 Å². The third-order valence-corrected chi connectivity index (χ3v) is 6.97. The number of nitrogens with one attached hydrogen (secondary N) is 2. The van der Waals surface area contributed by atoms with Crippen molar-refractivity contribution in [3.8, 4) is 11.4 Å². The second-order valence-electron chi connectivity index (χ2n) is 9.15. The number of allylic oxidation sites excluding steroid dienone is 1. The maximum Gasteiger partial charge on any atom is 0.255 e. The maximum atomic E-state index is 13.2. The average Bonchev–Trinajstić information content (AvgIpc) is 3.58. The second-order valence-corrected chi connectivity index (χ2v) is 9.15. The van der Waals surface area contributed by atoms with Gasteiger partial charge in [-0.25, -0.2) is 14.6 Å². The summed E-state index contributed by atoms with van der Waals surface area (Å²) in [5.41, 5.74) is 4.28. The summed E-state index contributed by atoms with van der Waals surface area (Å²) in [5, 5.41) is 23.2. The number of hydrogen-bond acceptors (Lipinski definition) is 10. The summed E-state index contributed by atoms with van der Waals surface area (Å²) in [6.07, 6.45) is 2.71. The lowest BCUT2D eigenvalue weighted by atomic mass is 10.1. The van der Waals surface area contributed by atoms with E-state index in [1.165, 1.54) is 0 Å². The highest BCUT2D eigenvalue weighted by atomic mass is 16.5. The van der Waals surface area contributed by atoms with E-state index in [0.717, 1.165) is 41.9 Å².